The van der Waals surface area contributed by atoms with Crippen molar-refractivity contribution in [2.45, 2.75) is 6.92 Å². The van der Waals surface area contributed by atoms with Crippen molar-refractivity contribution in [2.24, 2.45) is 0 Å². The van der Waals surface area contributed by atoms with E-state index in [1.54, 1.807) is 12.3 Å². The number of hydrogen-bond acceptors (Lipinski definition) is 4. The lowest BCUT2D eigenvalue weighted by atomic mass is 10.2. The molecule has 0 aliphatic rings. The molecule has 0 unspecified atom stereocenters. The van der Waals surface area contributed by atoms with Crippen molar-refractivity contribution in [1.82, 2.24) is 14.6 Å². The number of aromatic nitrogens is 3. The zero-order valence-electron chi connectivity index (χ0n) is 10.9. The van der Waals surface area contributed by atoms with Crippen LogP contribution in [0.4, 0.5) is 11.5 Å². The number of amides is 1. The van der Waals surface area contributed by atoms with E-state index in [1.165, 1.54) is 10.7 Å². The molecule has 0 aliphatic heterocycles. The highest BCUT2D eigenvalue weighted by atomic mass is 16.1. The van der Waals surface area contributed by atoms with Crippen LogP contribution < -0.4 is 11.1 Å². The van der Waals surface area contributed by atoms with Crippen LogP contribution in [0.3, 0.4) is 0 Å². The Labute approximate surface area is 115 Å². The van der Waals surface area contributed by atoms with Crippen molar-refractivity contribution in [3.05, 3.63) is 53.9 Å². The highest BCUT2D eigenvalue weighted by molar-refractivity contribution is 6.08. The van der Waals surface area contributed by atoms with Crippen molar-refractivity contribution in [2.75, 3.05) is 11.1 Å². The predicted molar refractivity (Wildman–Crippen MR) is 76.5 cm³/mol. The van der Waals surface area contributed by atoms with Gasteiger partial charge < -0.3 is 11.1 Å². The van der Waals surface area contributed by atoms with Crippen LogP contribution in [0.1, 0.15) is 15.9 Å². The molecule has 2 aromatic heterocycles. The molecule has 0 bridgehead atoms. The fourth-order valence-corrected chi connectivity index (χ4v) is 1.95. The first-order valence-corrected chi connectivity index (χ1v) is 6.12. The van der Waals surface area contributed by atoms with Crippen LogP contribution in [0, 0.1) is 6.92 Å². The summed E-state index contributed by atoms with van der Waals surface area (Å²) in [7, 11) is 0. The number of benzene rings is 1. The van der Waals surface area contributed by atoms with Gasteiger partial charge in [0.25, 0.3) is 5.91 Å². The number of nitrogen functional groups attached to an aromatic ring is 1. The van der Waals surface area contributed by atoms with Gasteiger partial charge in [0, 0.05) is 11.9 Å². The molecule has 3 N–H and O–H groups in total. The number of nitrogens with zero attached hydrogens (tertiary/aromatic N) is 3. The number of nitrogens with two attached hydrogens (primary N) is 1. The average Bonchev–Trinajstić information content (AvgIpc) is 2.84. The minimum absolute atomic E-state index is 0.257. The van der Waals surface area contributed by atoms with E-state index in [1.807, 2.05) is 31.2 Å². The van der Waals surface area contributed by atoms with Crippen molar-refractivity contribution in [3.63, 3.8) is 0 Å². The molecule has 0 spiro atoms. The Kier molecular flexibility index (Phi) is 2.83. The molecule has 0 saturated carbocycles. The van der Waals surface area contributed by atoms with Crippen LogP contribution in [0.25, 0.3) is 5.65 Å². The third-order valence-corrected chi connectivity index (χ3v) is 3.03. The van der Waals surface area contributed by atoms with Gasteiger partial charge in [-0.2, -0.15) is 5.10 Å². The molecule has 1 amide bonds. The summed E-state index contributed by atoms with van der Waals surface area (Å²) in [6.45, 7) is 1.93. The van der Waals surface area contributed by atoms with Crippen molar-refractivity contribution in [3.8, 4) is 0 Å². The number of fused-ring (bicyclic) bond motifs is 1. The third-order valence-electron chi connectivity index (χ3n) is 3.03. The number of hydrogen-bond donors (Lipinski definition) is 2. The van der Waals surface area contributed by atoms with Gasteiger partial charge in [-0.05, 0) is 24.6 Å². The number of para-hydroxylation sites is 1. The number of nitrogens with one attached hydrogen (secondary N) is 1. The number of carbonyl (C=O) groups excluding carboxylic acids is 1. The van der Waals surface area contributed by atoms with Crippen LogP contribution in [-0.4, -0.2) is 20.5 Å². The summed E-state index contributed by atoms with van der Waals surface area (Å²) in [6, 6.07) is 9.20. The van der Waals surface area contributed by atoms with Gasteiger partial charge in [0.1, 0.15) is 11.4 Å². The maximum Gasteiger partial charge on any atom is 0.261 e. The Morgan fingerprint density at radius 3 is 2.90 bits per heavy atom. The van der Waals surface area contributed by atoms with Crippen molar-refractivity contribution in [1.29, 1.82) is 0 Å². The molecule has 6 heteroatoms. The van der Waals surface area contributed by atoms with Gasteiger partial charge in [0.2, 0.25) is 0 Å². The molecule has 1 aromatic carbocycles. The van der Waals surface area contributed by atoms with E-state index in [-0.39, 0.29) is 5.91 Å². The topological polar surface area (TPSA) is 85.3 Å². The quantitative estimate of drug-likeness (QED) is 0.742. The van der Waals surface area contributed by atoms with E-state index in [0.717, 1.165) is 11.3 Å². The maximum atomic E-state index is 12.3. The molecule has 6 nitrogen and oxygen atoms in total. The van der Waals surface area contributed by atoms with Crippen molar-refractivity contribution < 1.29 is 4.79 Å². The minimum Gasteiger partial charge on any atom is -0.384 e. The first-order valence-electron chi connectivity index (χ1n) is 6.12. The Hall–Kier alpha value is -2.89. The number of anilines is 2. The maximum absolute atomic E-state index is 12.3. The standard InChI is InChI=1S/C14H13N5O/c1-9-4-2-3-5-11(9)17-14(20)10-8-16-19-7-6-12(15)18-13(10)19/h2-8H,1H3,(H2,15,18)(H,17,20). The van der Waals surface area contributed by atoms with E-state index in [2.05, 4.69) is 15.4 Å². The molecule has 0 fully saturated rings. The summed E-state index contributed by atoms with van der Waals surface area (Å²) in [5.74, 6) is 0.0929. The second-order valence-corrected chi connectivity index (χ2v) is 4.45. The molecule has 20 heavy (non-hydrogen) atoms. The third kappa shape index (κ3) is 2.07. The van der Waals surface area contributed by atoms with Gasteiger partial charge in [-0.3, -0.25) is 4.79 Å². The van der Waals surface area contributed by atoms with Gasteiger partial charge >= 0.3 is 0 Å². The second kappa shape index (κ2) is 4.65. The molecule has 100 valence electrons. The minimum atomic E-state index is -0.257. The van der Waals surface area contributed by atoms with Gasteiger partial charge in [-0.25, -0.2) is 9.50 Å². The van der Waals surface area contributed by atoms with E-state index >= 15 is 0 Å². The predicted octanol–water partition coefficient (Wildman–Crippen LogP) is 1.87. The van der Waals surface area contributed by atoms with Crippen LogP contribution in [0.5, 0.6) is 0 Å². The first kappa shape index (κ1) is 12.2. The summed E-state index contributed by atoms with van der Waals surface area (Å²) in [6.07, 6.45) is 3.15. The zero-order chi connectivity index (χ0) is 14.1. The Bertz CT molecular complexity index is 793. The molecule has 0 atom stereocenters. The van der Waals surface area contributed by atoms with Gasteiger partial charge in [-0.15, -0.1) is 0 Å². The monoisotopic (exact) mass is 267 g/mol. The number of carbonyl (C=O) groups is 1. The normalized spacial score (nSPS) is 10.7. The van der Waals surface area contributed by atoms with Crippen molar-refractivity contribution >= 4 is 23.1 Å². The molecule has 0 saturated heterocycles. The van der Waals surface area contributed by atoms with E-state index in [0.29, 0.717) is 17.0 Å². The molecule has 3 rings (SSSR count). The molecule has 3 aromatic rings. The van der Waals surface area contributed by atoms with Gasteiger partial charge in [-0.1, -0.05) is 18.2 Å². The van der Waals surface area contributed by atoms with Crippen LogP contribution in [-0.2, 0) is 0 Å². The van der Waals surface area contributed by atoms with E-state index in [9.17, 15) is 4.79 Å². The molecule has 2 heterocycles. The second-order valence-electron chi connectivity index (χ2n) is 4.45. The number of rotatable bonds is 2. The summed E-state index contributed by atoms with van der Waals surface area (Å²) in [4.78, 5) is 16.4. The van der Waals surface area contributed by atoms with Gasteiger partial charge in [0.05, 0.1) is 6.20 Å². The molecular formula is C14H13N5O. The Balaban J connectivity index is 1.97. The molecule has 0 radical (unpaired) electrons. The highest BCUT2D eigenvalue weighted by Gasteiger charge is 2.14. The smallest absolute Gasteiger partial charge is 0.261 e. The first-order chi connectivity index (χ1) is 9.65. The fraction of sp³-hybridized carbons (Fsp3) is 0.0714. The van der Waals surface area contributed by atoms with Crippen LogP contribution >= 0.6 is 0 Å². The zero-order valence-corrected chi connectivity index (χ0v) is 10.9. The molecular weight excluding hydrogens is 254 g/mol. The summed E-state index contributed by atoms with van der Waals surface area (Å²) in [5, 5.41) is 6.93. The van der Waals surface area contributed by atoms with Crippen LogP contribution in [0.2, 0.25) is 0 Å². The lowest BCUT2D eigenvalue weighted by molar-refractivity contribution is 0.102. The Morgan fingerprint density at radius 1 is 1.30 bits per heavy atom. The number of aryl methyl sites for hydroxylation is 1. The van der Waals surface area contributed by atoms with E-state index < -0.39 is 0 Å². The van der Waals surface area contributed by atoms with E-state index in [4.69, 9.17) is 5.73 Å². The molecule has 0 aliphatic carbocycles. The average molecular weight is 267 g/mol. The fourth-order valence-electron chi connectivity index (χ4n) is 1.95. The summed E-state index contributed by atoms with van der Waals surface area (Å²) < 4.78 is 1.52. The summed E-state index contributed by atoms with van der Waals surface area (Å²) in [5.41, 5.74) is 8.23. The summed E-state index contributed by atoms with van der Waals surface area (Å²) >= 11 is 0. The Morgan fingerprint density at radius 2 is 2.10 bits per heavy atom. The lowest BCUT2D eigenvalue weighted by Crippen LogP contribution is -2.13. The lowest BCUT2D eigenvalue weighted by Gasteiger charge is -2.06. The van der Waals surface area contributed by atoms with Gasteiger partial charge in [0.15, 0.2) is 5.65 Å². The van der Waals surface area contributed by atoms with Crippen LogP contribution in [0.15, 0.2) is 42.7 Å². The largest absolute Gasteiger partial charge is 0.384 e. The SMILES string of the molecule is Cc1ccccc1NC(=O)c1cnn2ccc(N)nc12. The highest BCUT2D eigenvalue weighted by Crippen LogP contribution is 2.16.